The van der Waals surface area contributed by atoms with E-state index in [1.165, 1.54) is 32.1 Å². The molecular formula is C10H21N3. The second kappa shape index (κ2) is 5.84. The van der Waals surface area contributed by atoms with Crippen molar-refractivity contribution in [3.05, 3.63) is 0 Å². The summed E-state index contributed by atoms with van der Waals surface area (Å²) < 4.78 is 0. The largest absolute Gasteiger partial charge is 0.340 e. The van der Waals surface area contributed by atoms with Gasteiger partial charge in [0.25, 0.3) is 0 Å². The third kappa shape index (κ3) is 3.25. The van der Waals surface area contributed by atoms with Crippen LogP contribution in [0.3, 0.4) is 0 Å². The molecule has 1 unspecified atom stereocenters. The number of nitrogens with zero attached hydrogens (tertiary/aromatic N) is 2. The molecule has 0 aromatic heterocycles. The first-order valence-electron chi connectivity index (χ1n) is 5.43. The molecule has 13 heavy (non-hydrogen) atoms. The van der Waals surface area contributed by atoms with Crippen LogP contribution in [0.1, 0.15) is 46.0 Å². The van der Waals surface area contributed by atoms with E-state index in [0.29, 0.717) is 6.17 Å². The normalized spacial score (nSPS) is 20.8. The highest BCUT2D eigenvalue weighted by Crippen LogP contribution is 2.09. The van der Waals surface area contributed by atoms with Crippen molar-refractivity contribution in [2.75, 3.05) is 6.54 Å². The Bertz CT molecular complexity index is 156. The van der Waals surface area contributed by atoms with Gasteiger partial charge in [0.1, 0.15) is 12.5 Å². The van der Waals surface area contributed by atoms with Crippen LogP contribution in [0.15, 0.2) is 5.10 Å². The maximum absolute atomic E-state index is 4.10. The first kappa shape index (κ1) is 10.4. The lowest BCUT2D eigenvalue weighted by atomic mass is 10.2. The lowest BCUT2D eigenvalue weighted by molar-refractivity contribution is 0.280. The topological polar surface area (TPSA) is 27.6 Å². The Balaban J connectivity index is 2.21. The van der Waals surface area contributed by atoms with Gasteiger partial charge in [0, 0.05) is 6.54 Å². The van der Waals surface area contributed by atoms with E-state index in [2.05, 4.69) is 29.3 Å². The van der Waals surface area contributed by atoms with Gasteiger partial charge < -0.3 is 4.90 Å². The van der Waals surface area contributed by atoms with E-state index in [1.807, 2.05) is 6.34 Å². The fraction of sp³-hybridized carbons (Fsp3) is 0.900. The Kier molecular flexibility index (Phi) is 4.65. The van der Waals surface area contributed by atoms with Crippen LogP contribution in [0.2, 0.25) is 0 Å². The van der Waals surface area contributed by atoms with Gasteiger partial charge in [-0.1, -0.05) is 26.7 Å². The second-order valence-corrected chi connectivity index (χ2v) is 3.62. The molecule has 0 fully saturated rings. The standard InChI is InChI=1S/C10H21N3/c1-3-5-7-10-12-11-9-13(10)8-6-4-2/h9-10,12H,3-8H2,1-2H3. The van der Waals surface area contributed by atoms with Gasteiger partial charge in [-0.15, -0.1) is 0 Å². The van der Waals surface area contributed by atoms with Crippen molar-refractivity contribution in [1.29, 1.82) is 0 Å². The van der Waals surface area contributed by atoms with Crippen LogP contribution in [0, 0.1) is 0 Å². The fourth-order valence-corrected chi connectivity index (χ4v) is 1.53. The highest BCUT2D eigenvalue weighted by atomic mass is 15.5. The minimum absolute atomic E-state index is 0.464. The van der Waals surface area contributed by atoms with Crippen molar-refractivity contribution >= 4 is 6.34 Å². The van der Waals surface area contributed by atoms with E-state index < -0.39 is 0 Å². The van der Waals surface area contributed by atoms with Gasteiger partial charge in [-0.05, 0) is 19.3 Å². The summed E-state index contributed by atoms with van der Waals surface area (Å²) >= 11 is 0. The smallest absolute Gasteiger partial charge is 0.116 e. The summed E-state index contributed by atoms with van der Waals surface area (Å²) in [4.78, 5) is 2.32. The molecule has 0 spiro atoms. The van der Waals surface area contributed by atoms with Gasteiger partial charge in [-0.2, -0.15) is 5.10 Å². The Morgan fingerprint density at radius 2 is 2.08 bits per heavy atom. The maximum Gasteiger partial charge on any atom is 0.116 e. The summed E-state index contributed by atoms with van der Waals surface area (Å²) in [5.74, 6) is 0. The van der Waals surface area contributed by atoms with Crippen molar-refractivity contribution in [2.45, 2.75) is 52.1 Å². The van der Waals surface area contributed by atoms with E-state index in [1.54, 1.807) is 0 Å². The number of hydrogen-bond acceptors (Lipinski definition) is 3. The van der Waals surface area contributed by atoms with Gasteiger partial charge in [0.15, 0.2) is 0 Å². The molecule has 0 aromatic carbocycles. The Morgan fingerprint density at radius 3 is 2.77 bits per heavy atom. The number of hydrogen-bond donors (Lipinski definition) is 1. The maximum atomic E-state index is 4.10. The van der Waals surface area contributed by atoms with Crippen molar-refractivity contribution in [1.82, 2.24) is 10.3 Å². The molecule has 1 aliphatic heterocycles. The first-order valence-corrected chi connectivity index (χ1v) is 5.43. The zero-order chi connectivity index (χ0) is 9.52. The number of nitrogens with one attached hydrogen (secondary N) is 1. The summed E-state index contributed by atoms with van der Waals surface area (Å²) in [5.41, 5.74) is 3.15. The molecule has 0 saturated heterocycles. The predicted octanol–water partition coefficient (Wildman–Crippen LogP) is 2.15. The molecule has 0 saturated carbocycles. The van der Waals surface area contributed by atoms with Crippen molar-refractivity contribution in [2.24, 2.45) is 5.10 Å². The molecule has 1 N–H and O–H groups in total. The molecule has 0 aromatic rings. The zero-order valence-electron chi connectivity index (χ0n) is 8.79. The number of unbranched alkanes of at least 4 members (excludes halogenated alkanes) is 2. The monoisotopic (exact) mass is 183 g/mol. The lowest BCUT2D eigenvalue weighted by Crippen LogP contribution is -2.37. The third-order valence-electron chi connectivity index (χ3n) is 2.43. The molecule has 1 atom stereocenters. The number of rotatable bonds is 6. The van der Waals surface area contributed by atoms with Crippen LogP contribution in [-0.4, -0.2) is 23.9 Å². The molecule has 3 heteroatoms. The Labute approximate surface area is 81.2 Å². The molecule has 0 amide bonds. The summed E-state index contributed by atoms with van der Waals surface area (Å²) in [6.45, 7) is 5.59. The quantitative estimate of drug-likeness (QED) is 0.683. The molecule has 76 valence electrons. The van der Waals surface area contributed by atoms with Crippen LogP contribution in [0.5, 0.6) is 0 Å². The van der Waals surface area contributed by atoms with E-state index >= 15 is 0 Å². The number of hydrazone groups is 1. The first-order chi connectivity index (χ1) is 6.38. The zero-order valence-corrected chi connectivity index (χ0v) is 8.79. The fourth-order valence-electron chi connectivity index (χ4n) is 1.53. The third-order valence-corrected chi connectivity index (χ3v) is 2.43. The molecular weight excluding hydrogens is 162 g/mol. The van der Waals surface area contributed by atoms with Crippen LogP contribution in [0.4, 0.5) is 0 Å². The van der Waals surface area contributed by atoms with Crippen molar-refractivity contribution in [3.63, 3.8) is 0 Å². The predicted molar refractivity (Wildman–Crippen MR) is 56.6 cm³/mol. The summed E-state index contributed by atoms with van der Waals surface area (Å²) in [7, 11) is 0. The van der Waals surface area contributed by atoms with E-state index in [4.69, 9.17) is 0 Å². The second-order valence-electron chi connectivity index (χ2n) is 3.62. The van der Waals surface area contributed by atoms with Crippen LogP contribution in [-0.2, 0) is 0 Å². The van der Waals surface area contributed by atoms with Gasteiger partial charge in [0.05, 0.1) is 0 Å². The van der Waals surface area contributed by atoms with E-state index in [9.17, 15) is 0 Å². The summed E-state index contributed by atoms with van der Waals surface area (Å²) in [6, 6.07) is 0. The lowest BCUT2D eigenvalue weighted by Gasteiger charge is -2.23. The molecule has 1 rings (SSSR count). The average molecular weight is 183 g/mol. The molecule has 0 bridgehead atoms. The summed E-state index contributed by atoms with van der Waals surface area (Å²) in [5, 5.41) is 4.10. The average Bonchev–Trinajstić information content (AvgIpc) is 2.59. The van der Waals surface area contributed by atoms with Crippen LogP contribution < -0.4 is 5.43 Å². The van der Waals surface area contributed by atoms with Crippen molar-refractivity contribution in [3.8, 4) is 0 Å². The van der Waals surface area contributed by atoms with Crippen molar-refractivity contribution < 1.29 is 0 Å². The highest BCUT2D eigenvalue weighted by molar-refractivity contribution is 5.56. The van der Waals surface area contributed by atoms with Gasteiger partial charge >= 0.3 is 0 Å². The molecule has 1 aliphatic rings. The minimum atomic E-state index is 0.464. The van der Waals surface area contributed by atoms with Gasteiger partial charge in [-0.25, -0.2) is 0 Å². The molecule has 0 radical (unpaired) electrons. The summed E-state index contributed by atoms with van der Waals surface area (Å²) in [6.07, 6.45) is 8.67. The molecule has 0 aliphatic carbocycles. The van der Waals surface area contributed by atoms with Crippen LogP contribution in [0.25, 0.3) is 0 Å². The molecule has 3 nitrogen and oxygen atoms in total. The van der Waals surface area contributed by atoms with E-state index in [0.717, 1.165) is 6.54 Å². The van der Waals surface area contributed by atoms with Gasteiger partial charge in [-0.3, -0.25) is 5.43 Å². The van der Waals surface area contributed by atoms with E-state index in [-0.39, 0.29) is 0 Å². The Morgan fingerprint density at radius 1 is 1.31 bits per heavy atom. The molecule has 1 heterocycles. The Hall–Kier alpha value is -0.730. The SMILES string of the molecule is CCCCC1NN=CN1CCCC. The van der Waals surface area contributed by atoms with Gasteiger partial charge in [0.2, 0.25) is 0 Å². The highest BCUT2D eigenvalue weighted by Gasteiger charge is 2.17. The van der Waals surface area contributed by atoms with Crippen LogP contribution >= 0.6 is 0 Å². The minimum Gasteiger partial charge on any atom is -0.340 e.